The maximum absolute atomic E-state index is 11.4. The van der Waals surface area contributed by atoms with Crippen molar-refractivity contribution in [2.75, 3.05) is 14.7 Å². The molecule has 0 radical (unpaired) electrons. The lowest BCUT2D eigenvalue weighted by Crippen LogP contribution is -2.23. The Kier molecular flexibility index (Phi) is 7.09. The highest BCUT2D eigenvalue weighted by molar-refractivity contribution is 5.99. The molecule has 3 aliphatic heterocycles. The minimum atomic E-state index is 0.348. The average Bonchev–Trinajstić information content (AvgIpc) is 3.57. The van der Waals surface area contributed by atoms with E-state index in [1.807, 2.05) is 72.8 Å². The first-order valence-corrected chi connectivity index (χ1v) is 17.6. The molecule has 0 saturated heterocycles. The molecule has 0 atom stereocenters. The summed E-state index contributed by atoms with van der Waals surface area (Å²) in [6.45, 7) is 0. The third kappa shape index (κ3) is 4.95. The number of para-hydroxylation sites is 6. The highest BCUT2D eigenvalue weighted by atomic mass is 15.3. The molecule has 3 aliphatic rings. The van der Waals surface area contributed by atoms with E-state index in [-0.39, 0.29) is 0 Å². The van der Waals surface area contributed by atoms with E-state index in [0.29, 0.717) is 23.1 Å². The number of hydrogen-bond acceptors (Lipinski definition) is 6. The first-order valence-electron chi connectivity index (χ1n) is 17.6. The van der Waals surface area contributed by atoms with Gasteiger partial charge in [0.1, 0.15) is 11.6 Å². The van der Waals surface area contributed by atoms with Gasteiger partial charge in [0.15, 0.2) is 11.6 Å². The Morgan fingerprint density at radius 2 is 0.585 bits per heavy atom. The summed E-state index contributed by atoms with van der Waals surface area (Å²) in [5.41, 5.74) is 12.0. The molecule has 0 N–H and O–H groups in total. The summed E-state index contributed by atoms with van der Waals surface area (Å²) in [6.07, 6.45) is 12.8. The van der Waals surface area contributed by atoms with Crippen molar-refractivity contribution in [1.82, 2.24) is 9.97 Å². The molecular weight excluding hydrogens is 649 g/mol. The predicted molar refractivity (Wildman–Crippen MR) is 218 cm³/mol. The van der Waals surface area contributed by atoms with Crippen molar-refractivity contribution < 1.29 is 0 Å². The van der Waals surface area contributed by atoms with Crippen LogP contribution in [-0.2, 0) is 0 Å². The maximum Gasteiger partial charge on any atom is 0.238 e. The van der Waals surface area contributed by atoms with Crippen LogP contribution in [0.1, 0.15) is 38.9 Å². The fourth-order valence-corrected chi connectivity index (χ4v) is 7.54. The van der Waals surface area contributed by atoms with Crippen LogP contribution in [0.4, 0.5) is 51.7 Å². The number of nitrogens with zero attached hydrogens (tertiary/aromatic N) is 6. The zero-order chi connectivity index (χ0) is 35.3. The highest BCUT2D eigenvalue weighted by Gasteiger charge is 2.33. The smallest absolute Gasteiger partial charge is 0.238 e. The van der Waals surface area contributed by atoms with Gasteiger partial charge in [0.2, 0.25) is 5.95 Å². The van der Waals surface area contributed by atoms with Crippen LogP contribution in [0.25, 0.3) is 36.5 Å². The molecular formula is C47H30N6. The standard InChI is InChI=1S/C47H30N6/c48-31-38-45(51-39-19-7-1-13-32(39)25-26-33-14-2-8-20-40(33)51)49-47(53-43-23-11-5-17-36(43)29-30-37-18-6-12-24-44(37)53)50-46(38)52-41-21-9-3-15-34(41)27-28-35-16-4-10-22-42(35)52/h1-30H. The van der Waals surface area contributed by atoms with Crippen molar-refractivity contribution >= 4 is 88.2 Å². The Balaban J connectivity index is 1.35. The van der Waals surface area contributed by atoms with Crippen molar-refractivity contribution in [2.24, 2.45) is 0 Å². The molecule has 0 unspecified atom stereocenters. The van der Waals surface area contributed by atoms with Gasteiger partial charge in [-0.25, -0.2) is 0 Å². The van der Waals surface area contributed by atoms with Gasteiger partial charge in [-0.3, -0.25) is 14.7 Å². The van der Waals surface area contributed by atoms with Crippen molar-refractivity contribution in [3.8, 4) is 6.07 Å². The maximum atomic E-state index is 11.4. The molecule has 0 fully saturated rings. The number of benzene rings is 6. The monoisotopic (exact) mass is 678 g/mol. The van der Waals surface area contributed by atoms with Gasteiger partial charge in [-0.2, -0.15) is 15.2 Å². The number of nitriles is 1. The van der Waals surface area contributed by atoms with E-state index in [1.165, 1.54) is 0 Å². The summed E-state index contributed by atoms with van der Waals surface area (Å²) in [5, 5.41) is 11.4. The van der Waals surface area contributed by atoms with Crippen LogP contribution in [0.3, 0.4) is 0 Å². The summed E-state index contributed by atoms with van der Waals surface area (Å²) in [4.78, 5) is 17.3. The van der Waals surface area contributed by atoms with Gasteiger partial charge in [0, 0.05) is 0 Å². The number of aromatic nitrogens is 2. The van der Waals surface area contributed by atoms with Gasteiger partial charge in [-0.15, -0.1) is 0 Å². The lowest BCUT2D eigenvalue weighted by Gasteiger charge is -2.33. The molecule has 0 spiro atoms. The van der Waals surface area contributed by atoms with Crippen molar-refractivity contribution in [3.05, 3.63) is 185 Å². The second kappa shape index (κ2) is 12.4. The zero-order valence-electron chi connectivity index (χ0n) is 28.5. The van der Waals surface area contributed by atoms with Crippen LogP contribution in [0.5, 0.6) is 0 Å². The normalized spacial score (nSPS) is 13.3. The third-order valence-electron chi connectivity index (χ3n) is 9.99. The van der Waals surface area contributed by atoms with Gasteiger partial charge in [-0.1, -0.05) is 146 Å². The fraction of sp³-hybridized carbons (Fsp3) is 0. The van der Waals surface area contributed by atoms with Crippen LogP contribution < -0.4 is 14.7 Å². The van der Waals surface area contributed by atoms with E-state index in [2.05, 4.69) is 130 Å². The largest absolute Gasteiger partial charge is 0.292 e. The summed E-state index contributed by atoms with van der Waals surface area (Å²) >= 11 is 0. The second-order valence-electron chi connectivity index (χ2n) is 13.0. The van der Waals surface area contributed by atoms with E-state index in [1.54, 1.807) is 0 Å². The van der Waals surface area contributed by atoms with E-state index in [4.69, 9.17) is 9.97 Å². The van der Waals surface area contributed by atoms with Gasteiger partial charge in [0.25, 0.3) is 0 Å². The number of fused-ring (bicyclic) bond motifs is 6. The van der Waals surface area contributed by atoms with Crippen LogP contribution in [0.15, 0.2) is 146 Å². The molecule has 10 rings (SSSR count). The van der Waals surface area contributed by atoms with E-state index in [0.717, 1.165) is 67.5 Å². The molecule has 0 bridgehead atoms. The van der Waals surface area contributed by atoms with Gasteiger partial charge in [-0.05, 0) is 69.8 Å². The molecule has 0 aliphatic carbocycles. The lowest BCUT2D eigenvalue weighted by molar-refractivity contribution is 1.03. The Morgan fingerprint density at radius 1 is 0.340 bits per heavy atom. The SMILES string of the molecule is N#Cc1c(N2c3ccccc3C=Cc3ccccc32)nc(N2c3ccccc3C=Cc3ccccc32)nc1N1c2ccccc2C=Cc2ccccc21. The summed E-state index contributed by atoms with van der Waals surface area (Å²) in [5.74, 6) is 1.41. The minimum Gasteiger partial charge on any atom is -0.292 e. The highest BCUT2D eigenvalue weighted by Crippen LogP contribution is 2.50. The van der Waals surface area contributed by atoms with Gasteiger partial charge in [0.05, 0.1) is 34.1 Å². The fourth-order valence-electron chi connectivity index (χ4n) is 7.54. The van der Waals surface area contributed by atoms with Gasteiger partial charge >= 0.3 is 0 Å². The summed E-state index contributed by atoms with van der Waals surface area (Å²) < 4.78 is 0. The predicted octanol–water partition coefficient (Wildman–Crippen LogP) is 12.2. The molecule has 7 aromatic rings. The van der Waals surface area contributed by atoms with Crippen molar-refractivity contribution in [1.29, 1.82) is 5.26 Å². The molecule has 53 heavy (non-hydrogen) atoms. The lowest BCUT2D eigenvalue weighted by atomic mass is 10.1. The number of hydrogen-bond donors (Lipinski definition) is 0. The third-order valence-corrected chi connectivity index (χ3v) is 9.99. The molecule has 248 valence electrons. The topological polar surface area (TPSA) is 59.3 Å². The first kappa shape index (κ1) is 30.3. The summed E-state index contributed by atoms with van der Waals surface area (Å²) in [7, 11) is 0. The van der Waals surface area contributed by atoms with Crippen LogP contribution in [0.2, 0.25) is 0 Å². The minimum absolute atomic E-state index is 0.348. The Labute approximate surface area is 307 Å². The molecule has 1 aromatic heterocycles. The molecule has 6 nitrogen and oxygen atoms in total. The van der Waals surface area contributed by atoms with Crippen LogP contribution in [0, 0.1) is 11.3 Å². The molecule has 0 amide bonds. The first-order chi connectivity index (χ1) is 26.3. The molecule has 0 saturated carbocycles. The van der Waals surface area contributed by atoms with Crippen LogP contribution >= 0.6 is 0 Å². The average molecular weight is 679 g/mol. The number of rotatable bonds is 3. The Morgan fingerprint density at radius 3 is 0.849 bits per heavy atom. The number of anilines is 9. The molecule has 4 heterocycles. The van der Waals surface area contributed by atoms with E-state index < -0.39 is 0 Å². The van der Waals surface area contributed by atoms with Crippen LogP contribution in [-0.4, -0.2) is 9.97 Å². The molecule has 6 heteroatoms. The van der Waals surface area contributed by atoms with Crippen molar-refractivity contribution in [2.45, 2.75) is 0 Å². The summed E-state index contributed by atoms with van der Waals surface area (Å²) in [6, 6.07) is 52.2. The second-order valence-corrected chi connectivity index (χ2v) is 13.0. The Bertz CT molecular complexity index is 2460. The van der Waals surface area contributed by atoms with Crippen molar-refractivity contribution in [3.63, 3.8) is 0 Å². The molecule has 6 aromatic carbocycles. The van der Waals surface area contributed by atoms with E-state index >= 15 is 0 Å². The zero-order valence-corrected chi connectivity index (χ0v) is 28.5. The van der Waals surface area contributed by atoms with Gasteiger partial charge < -0.3 is 0 Å². The quantitative estimate of drug-likeness (QED) is 0.185. The van der Waals surface area contributed by atoms with E-state index in [9.17, 15) is 5.26 Å². The Hall–Kier alpha value is -7.49.